The number of hydrogen-bond donors (Lipinski definition) is 2. The molecule has 0 saturated carbocycles. The fourth-order valence-corrected chi connectivity index (χ4v) is 2.33. The Morgan fingerprint density at radius 3 is 2.57 bits per heavy atom. The molecule has 0 unspecified atom stereocenters. The maximum atomic E-state index is 12.3. The van der Waals surface area contributed by atoms with E-state index in [4.69, 9.17) is 0 Å². The van der Waals surface area contributed by atoms with Crippen molar-refractivity contribution in [1.29, 1.82) is 0 Å². The molecule has 1 aromatic carbocycles. The zero-order chi connectivity index (χ0) is 20.6. The second-order valence-electron chi connectivity index (χ2n) is 5.97. The van der Waals surface area contributed by atoms with Crippen LogP contribution in [0.15, 0.2) is 42.6 Å². The standard InChI is InChI=1S/C19H20F3N3O3/c1-13-5-2-3-7-15(13)17(27)23-10-8-16(26)25-11-14-6-4-9-24-18(14)28-12-19(20,21)22/h2-7,9H,8,10-12H2,1H3,(H,23,27)(H,25,26). The van der Waals surface area contributed by atoms with Crippen LogP contribution in [0.2, 0.25) is 0 Å². The first kappa shape index (κ1) is 21.2. The van der Waals surface area contributed by atoms with Gasteiger partial charge in [-0.1, -0.05) is 24.3 Å². The smallest absolute Gasteiger partial charge is 0.422 e. The van der Waals surface area contributed by atoms with Crippen molar-refractivity contribution in [3.05, 3.63) is 59.3 Å². The number of pyridine rings is 1. The molecule has 2 rings (SSSR count). The van der Waals surface area contributed by atoms with E-state index in [9.17, 15) is 22.8 Å². The molecule has 0 bridgehead atoms. The van der Waals surface area contributed by atoms with Gasteiger partial charge in [-0.15, -0.1) is 0 Å². The predicted octanol–water partition coefficient (Wildman–Crippen LogP) is 2.77. The van der Waals surface area contributed by atoms with Gasteiger partial charge in [-0.3, -0.25) is 9.59 Å². The van der Waals surface area contributed by atoms with Crippen molar-refractivity contribution >= 4 is 11.8 Å². The quantitative estimate of drug-likeness (QED) is 0.720. The summed E-state index contributed by atoms with van der Waals surface area (Å²) in [6.45, 7) is 0.443. The fourth-order valence-electron chi connectivity index (χ4n) is 2.33. The first-order valence-electron chi connectivity index (χ1n) is 8.50. The third-order valence-electron chi connectivity index (χ3n) is 3.73. The highest BCUT2D eigenvalue weighted by Gasteiger charge is 2.29. The summed E-state index contributed by atoms with van der Waals surface area (Å²) in [5, 5.41) is 5.23. The topological polar surface area (TPSA) is 80.3 Å². The number of aryl methyl sites for hydroxylation is 1. The number of halogens is 3. The van der Waals surface area contributed by atoms with E-state index in [0.717, 1.165) is 5.56 Å². The molecule has 0 spiro atoms. The summed E-state index contributed by atoms with van der Waals surface area (Å²) in [5.41, 5.74) is 1.68. The molecule has 2 amide bonds. The van der Waals surface area contributed by atoms with Crippen LogP contribution in [-0.2, 0) is 11.3 Å². The van der Waals surface area contributed by atoms with Crippen molar-refractivity contribution in [2.45, 2.75) is 26.1 Å². The van der Waals surface area contributed by atoms with Crippen LogP contribution in [0.1, 0.15) is 27.9 Å². The van der Waals surface area contributed by atoms with Crippen LogP contribution in [0.4, 0.5) is 13.2 Å². The van der Waals surface area contributed by atoms with Gasteiger partial charge in [-0.2, -0.15) is 13.2 Å². The van der Waals surface area contributed by atoms with Gasteiger partial charge < -0.3 is 15.4 Å². The number of rotatable bonds is 8. The minimum absolute atomic E-state index is 0.0244. The van der Waals surface area contributed by atoms with E-state index in [1.54, 1.807) is 12.1 Å². The Bertz CT molecular complexity index is 825. The number of alkyl halides is 3. The molecular weight excluding hydrogens is 375 g/mol. The Morgan fingerprint density at radius 2 is 1.86 bits per heavy atom. The van der Waals surface area contributed by atoms with Gasteiger partial charge >= 0.3 is 6.18 Å². The monoisotopic (exact) mass is 395 g/mol. The molecule has 0 fully saturated rings. The lowest BCUT2D eigenvalue weighted by Gasteiger charge is -2.12. The van der Waals surface area contributed by atoms with Gasteiger partial charge in [-0.05, 0) is 24.6 Å². The van der Waals surface area contributed by atoms with Crippen LogP contribution in [0.25, 0.3) is 0 Å². The van der Waals surface area contributed by atoms with E-state index in [2.05, 4.69) is 20.4 Å². The highest BCUT2D eigenvalue weighted by molar-refractivity contribution is 5.95. The Kier molecular flexibility index (Phi) is 7.36. The molecule has 0 radical (unpaired) electrons. The molecule has 0 saturated heterocycles. The molecule has 9 heteroatoms. The van der Waals surface area contributed by atoms with Crippen molar-refractivity contribution in [3.63, 3.8) is 0 Å². The molecule has 0 aliphatic heterocycles. The summed E-state index contributed by atoms with van der Waals surface area (Å²) in [5.74, 6) is -0.829. The largest absolute Gasteiger partial charge is 0.468 e. The van der Waals surface area contributed by atoms with E-state index in [-0.39, 0.29) is 37.2 Å². The van der Waals surface area contributed by atoms with Crippen molar-refractivity contribution in [2.75, 3.05) is 13.2 Å². The molecule has 2 aromatic rings. The van der Waals surface area contributed by atoms with Gasteiger partial charge in [-0.25, -0.2) is 4.98 Å². The maximum absolute atomic E-state index is 12.3. The Morgan fingerprint density at radius 1 is 1.11 bits per heavy atom. The van der Waals surface area contributed by atoms with Crippen molar-refractivity contribution in [2.24, 2.45) is 0 Å². The van der Waals surface area contributed by atoms with Crippen LogP contribution < -0.4 is 15.4 Å². The van der Waals surface area contributed by atoms with E-state index >= 15 is 0 Å². The second-order valence-corrected chi connectivity index (χ2v) is 5.97. The molecular formula is C19H20F3N3O3. The van der Waals surface area contributed by atoms with E-state index in [0.29, 0.717) is 11.1 Å². The number of benzene rings is 1. The average molecular weight is 395 g/mol. The first-order valence-corrected chi connectivity index (χ1v) is 8.50. The molecule has 2 N–H and O–H groups in total. The van der Waals surface area contributed by atoms with E-state index < -0.39 is 12.8 Å². The summed E-state index contributed by atoms with van der Waals surface area (Å²) in [4.78, 5) is 27.7. The van der Waals surface area contributed by atoms with Crippen LogP contribution in [-0.4, -0.2) is 36.1 Å². The molecule has 6 nitrogen and oxygen atoms in total. The number of aromatic nitrogens is 1. The van der Waals surface area contributed by atoms with Crippen molar-refractivity contribution < 1.29 is 27.5 Å². The predicted molar refractivity (Wildman–Crippen MR) is 95.8 cm³/mol. The minimum atomic E-state index is -4.48. The molecule has 0 aliphatic carbocycles. The number of nitrogens with zero attached hydrogens (tertiary/aromatic N) is 1. The van der Waals surface area contributed by atoms with Gasteiger partial charge in [0.15, 0.2) is 6.61 Å². The van der Waals surface area contributed by atoms with Gasteiger partial charge in [0.2, 0.25) is 11.8 Å². The van der Waals surface area contributed by atoms with Gasteiger partial charge in [0.25, 0.3) is 5.91 Å². The SMILES string of the molecule is Cc1ccccc1C(=O)NCCC(=O)NCc1cccnc1OCC(F)(F)F. The zero-order valence-electron chi connectivity index (χ0n) is 15.2. The highest BCUT2D eigenvalue weighted by Crippen LogP contribution is 2.19. The number of amides is 2. The summed E-state index contributed by atoms with van der Waals surface area (Å²) in [7, 11) is 0. The lowest BCUT2D eigenvalue weighted by molar-refractivity contribution is -0.154. The fraction of sp³-hybridized carbons (Fsp3) is 0.316. The molecule has 0 atom stereocenters. The number of nitrogens with one attached hydrogen (secondary N) is 2. The summed E-state index contributed by atoms with van der Waals surface area (Å²) >= 11 is 0. The third kappa shape index (κ3) is 6.90. The highest BCUT2D eigenvalue weighted by atomic mass is 19.4. The zero-order valence-corrected chi connectivity index (χ0v) is 15.2. The van der Waals surface area contributed by atoms with Crippen LogP contribution >= 0.6 is 0 Å². The lowest BCUT2D eigenvalue weighted by Crippen LogP contribution is -2.31. The summed E-state index contributed by atoms with van der Waals surface area (Å²) in [6, 6.07) is 10.1. The molecule has 1 aromatic heterocycles. The van der Waals surface area contributed by atoms with Gasteiger partial charge in [0.05, 0.1) is 0 Å². The number of carbonyl (C=O) groups excluding carboxylic acids is 2. The summed E-state index contributed by atoms with van der Waals surface area (Å²) in [6.07, 6.45) is -3.15. The second kappa shape index (κ2) is 9.72. The molecule has 28 heavy (non-hydrogen) atoms. The molecule has 0 aliphatic rings. The molecule has 1 heterocycles. The van der Waals surface area contributed by atoms with Crippen molar-refractivity contribution in [3.8, 4) is 5.88 Å². The average Bonchev–Trinajstić information content (AvgIpc) is 2.65. The Balaban J connectivity index is 1.78. The summed E-state index contributed by atoms with van der Waals surface area (Å²) < 4.78 is 41.5. The van der Waals surface area contributed by atoms with Crippen molar-refractivity contribution in [1.82, 2.24) is 15.6 Å². The van der Waals surface area contributed by atoms with Gasteiger partial charge in [0.1, 0.15) is 0 Å². The van der Waals surface area contributed by atoms with Gasteiger partial charge in [0, 0.05) is 36.8 Å². The van der Waals surface area contributed by atoms with Crippen LogP contribution in [0.3, 0.4) is 0 Å². The lowest BCUT2D eigenvalue weighted by atomic mass is 10.1. The normalized spacial score (nSPS) is 11.0. The maximum Gasteiger partial charge on any atom is 0.422 e. The molecule has 150 valence electrons. The number of hydrogen-bond acceptors (Lipinski definition) is 4. The minimum Gasteiger partial charge on any atom is -0.468 e. The Hall–Kier alpha value is -3.10. The third-order valence-corrected chi connectivity index (χ3v) is 3.73. The Labute approximate surface area is 160 Å². The van der Waals surface area contributed by atoms with Crippen LogP contribution in [0.5, 0.6) is 5.88 Å². The van der Waals surface area contributed by atoms with E-state index in [1.807, 2.05) is 19.1 Å². The number of carbonyl (C=O) groups is 2. The first-order chi connectivity index (χ1) is 13.3. The van der Waals surface area contributed by atoms with E-state index in [1.165, 1.54) is 18.3 Å². The van der Waals surface area contributed by atoms with Crippen LogP contribution in [0, 0.1) is 6.92 Å². The number of ether oxygens (including phenoxy) is 1.